The predicted molar refractivity (Wildman–Crippen MR) is 129 cm³/mol. The molecular weight excluding hydrogens is 460 g/mol. The van der Waals surface area contributed by atoms with E-state index in [4.69, 9.17) is 16.3 Å². The van der Waals surface area contributed by atoms with Crippen molar-refractivity contribution >= 4 is 40.4 Å². The third-order valence-corrected chi connectivity index (χ3v) is 7.62. The number of thiophene rings is 1. The summed E-state index contributed by atoms with van der Waals surface area (Å²) in [6.07, 6.45) is 4.09. The van der Waals surface area contributed by atoms with E-state index in [0.717, 1.165) is 30.6 Å². The third-order valence-electron chi connectivity index (χ3n) is 6.49. The molecule has 7 nitrogen and oxygen atoms in total. The highest BCUT2D eigenvalue weighted by Gasteiger charge is 2.50. The standard InChI is InChI=1S/C24H25ClN4O3S/c1-24(23(31)26-16-6-3-4-7-16)14-28-19(13-17(27-28)21-8-5-11-33-21)22(30)29(24)18-12-15(25)9-10-20(18)32-2/h5,8-13,16H,3-4,6-7,14H2,1-2H3,(H,26,31). The van der Waals surface area contributed by atoms with Crippen molar-refractivity contribution in [2.75, 3.05) is 12.0 Å². The summed E-state index contributed by atoms with van der Waals surface area (Å²) in [4.78, 5) is 30.1. The number of hydrogen-bond donors (Lipinski definition) is 1. The number of amides is 2. The second-order valence-corrected chi connectivity index (χ2v) is 10.1. The summed E-state index contributed by atoms with van der Waals surface area (Å²) in [6.45, 7) is 2.00. The van der Waals surface area contributed by atoms with Gasteiger partial charge in [0, 0.05) is 11.1 Å². The Labute approximate surface area is 201 Å². The molecule has 9 heteroatoms. The van der Waals surface area contributed by atoms with Crippen LogP contribution >= 0.6 is 22.9 Å². The molecule has 1 saturated carbocycles. The van der Waals surface area contributed by atoms with Gasteiger partial charge in [0.05, 0.1) is 24.2 Å². The van der Waals surface area contributed by atoms with E-state index < -0.39 is 5.54 Å². The first-order chi connectivity index (χ1) is 15.9. The maximum atomic E-state index is 13.9. The smallest absolute Gasteiger partial charge is 0.277 e. The number of fused-ring (bicyclic) bond motifs is 1. The van der Waals surface area contributed by atoms with Crippen LogP contribution in [0.25, 0.3) is 10.6 Å². The third kappa shape index (κ3) is 3.81. The molecule has 1 aromatic carbocycles. The minimum atomic E-state index is -1.22. The van der Waals surface area contributed by atoms with Gasteiger partial charge in [0.2, 0.25) is 5.91 Å². The molecule has 5 rings (SSSR count). The van der Waals surface area contributed by atoms with E-state index in [9.17, 15) is 9.59 Å². The summed E-state index contributed by atoms with van der Waals surface area (Å²) in [6, 6.07) is 10.9. The number of nitrogens with zero attached hydrogens (tertiary/aromatic N) is 3. The Morgan fingerprint density at radius 2 is 2.06 bits per heavy atom. The van der Waals surface area contributed by atoms with Gasteiger partial charge in [-0.3, -0.25) is 19.2 Å². The number of carbonyl (C=O) groups excluding carboxylic acids is 2. The molecule has 3 heterocycles. The Kier molecular flexibility index (Phi) is 5.66. The molecule has 0 spiro atoms. The average Bonchev–Trinajstić information content (AvgIpc) is 3.55. The van der Waals surface area contributed by atoms with Crippen LogP contribution in [0.4, 0.5) is 5.69 Å². The van der Waals surface area contributed by atoms with Gasteiger partial charge in [0.15, 0.2) is 0 Å². The van der Waals surface area contributed by atoms with Crippen LogP contribution < -0.4 is 15.0 Å². The van der Waals surface area contributed by atoms with Crippen LogP contribution in [0.15, 0.2) is 41.8 Å². The van der Waals surface area contributed by atoms with Crippen LogP contribution in [0.2, 0.25) is 5.02 Å². The van der Waals surface area contributed by atoms with Gasteiger partial charge in [-0.25, -0.2) is 0 Å². The summed E-state index contributed by atoms with van der Waals surface area (Å²) in [5.41, 5.74) is 0.381. The number of nitrogens with one attached hydrogen (secondary N) is 1. The van der Waals surface area contributed by atoms with Gasteiger partial charge in [0.25, 0.3) is 5.91 Å². The number of halogens is 1. The Morgan fingerprint density at radius 3 is 2.76 bits per heavy atom. The van der Waals surface area contributed by atoms with Crippen LogP contribution in [0.5, 0.6) is 5.75 Å². The fourth-order valence-electron chi connectivity index (χ4n) is 4.75. The zero-order valence-corrected chi connectivity index (χ0v) is 20.1. The number of aromatic nitrogens is 2. The van der Waals surface area contributed by atoms with Gasteiger partial charge in [0.1, 0.15) is 22.7 Å². The van der Waals surface area contributed by atoms with E-state index in [0.29, 0.717) is 27.8 Å². The lowest BCUT2D eigenvalue weighted by Crippen LogP contribution is -2.65. The number of carbonyl (C=O) groups is 2. The van der Waals surface area contributed by atoms with Gasteiger partial charge in [-0.2, -0.15) is 5.10 Å². The summed E-state index contributed by atoms with van der Waals surface area (Å²) < 4.78 is 7.21. The Bertz CT molecular complexity index is 1200. The van der Waals surface area contributed by atoms with Gasteiger partial charge >= 0.3 is 0 Å². The van der Waals surface area contributed by atoms with Gasteiger partial charge < -0.3 is 10.1 Å². The van der Waals surface area contributed by atoms with Crippen LogP contribution in [0.3, 0.4) is 0 Å². The molecule has 0 radical (unpaired) electrons. The number of anilines is 1. The zero-order chi connectivity index (χ0) is 23.2. The monoisotopic (exact) mass is 484 g/mol. The van der Waals surface area contributed by atoms with Crippen molar-refractivity contribution in [1.82, 2.24) is 15.1 Å². The maximum Gasteiger partial charge on any atom is 0.277 e. The van der Waals surface area contributed by atoms with Crippen molar-refractivity contribution in [1.29, 1.82) is 0 Å². The minimum absolute atomic E-state index is 0.119. The molecule has 0 bridgehead atoms. The van der Waals surface area contributed by atoms with Crippen molar-refractivity contribution in [3.05, 3.63) is 52.5 Å². The molecule has 1 aliphatic heterocycles. The van der Waals surface area contributed by atoms with Crippen LogP contribution in [-0.2, 0) is 11.3 Å². The lowest BCUT2D eigenvalue weighted by atomic mass is 9.93. The zero-order valence-electron chi connectivity index (χ0n) is 18.5. The second kappa shape index (κ2) is 8.50. The number of methoxy groups -OCH3 is 1. The van der Waals surface area contributed by atoms with E-state index in [1.54, 1.807) is 47.2 Å². The van der Waals surface area contributed by atoms with Gasteiger partial charge in [-0.1, -0.05) is 30.5 Å². The molecule has 2 aromatic heterocycles. The van der Waals surface area contributed by atoms with E-state index in [2.05, 4.69) is 10.4 Å². The summed E-state index contributed by atoms with van der Waals surface area (Å²) in [5.74, 6) is -0.0520. The Hall–Kier alpha value is -2.84. The summed E-state index contributed by atoms with van der Waals surface area (Å²) in [5, 5.41) is 10.3. The van der Waals surface area contributed by atoms with Gasteiger partial charge in [-0.15, -0.1) is 11.3 Å². The fraction of sp³-hybridized carbons (Fsp3) is 0.375. The molecule has 1 fully saturated rings. The normalized spacial score (nSPS) is 20.7. The molecule has 3 aromatic rings. The van der Waals surface area contributed by atoms with Crippen molar-refractivity contribution in [3.8, 4) is 16.3 Å². The van der Waals surface area contributed by atoms with Crippen LogP contribution in [0.1, 0.15) is 43.1 Å². The summed E-state index contributed by atoms with van der Waals surface area (Å²) in [7, 11) is 1.54. The molecule has 172 valence electrons. The highest BCUT2D eigenvalue weighted by Crippen LogP contribution is 2.40. The molecule has 0 saturated heterocycles. The SMILES string of the molecule is COc1ccc(Cl)cc1N1C(=O)c2cc(-c3cccs3)nn2CC1(C)C(=O)NC1CCCC1. The van der Waals surface area contributed by atoms with Crippen LogP contribution in [-0.4, -0.2) is 40.3 Å². The molecule has 2 aliphatic rings. The fourth-order valence-corrected chi connectivity index (χ4v) is 5.60. The number of ether oxygens (including phenoxy) is 1. The quantitative estimate of drug-likeness (QED) is 0.567. The Morgan fingerprint density at radius 1 is 1.27 bits per heavy atom. The molecule has 1 unspecified atom stereocenters. The van der Waals surface area contributed by atoms with E-state index in [-0.39, 0.29) is 24.4 Å². The molecular formula is C24H25ClN4O3S. The second-order valence-electron chi connectivity index (χ2n) is 8.74. The average molecular weight is 485 g/mol. The van der Waals surface area contributed by atoms with Crippen LogP contribution in [0, 0.1) is 0 Å². The molecule has 1 atom stereocenters. The maximum absolute atomic E-state index is 13.9. The Balaban J connectivity index is 1.63. The van der Waals surface area contributed by atoms with E-state index in [1.807, 2.05) is 17.5 Å². The predicted octanol–water partition coefficient (Wildman–Crippen LogP) is 4.75. The van der Waals surface area contributed by atoms with Crippen molar-refractivity contribution in [3.63, 3.8) is 0 Å². The van der Waals surface area contributed by atoms with Crippen molar-refractivity contribution < 1.29 is 14.3 Å². The first kappa shape index (κ1) is 22.0. The highest BCUT2D eigenvalue weighted by molar-refractivity contribution is 7.13. The number of rotatable bonds is 5. The lowest BCUT2D eigenvalue weighted by molar-refractivity contribution is -0.127. The molecule has 1 N–H and O–H groups in total. The topological polar surface area (TPSA) is 76.5 Å². The molecule has 33 heavy (non-hydrogen) atoms. The first-order valence-electron chi connectivity index (χ1n) is 11.0. The van der Waals surface area contributed by atoms with E-state index in [1.165, 1.54) is 12.0 Å². The largest absolute Gasteiger partial charge is 0.495 e. The highest BCUT2D eigenvalue weighted by atomic mass is 35.5. The minimum Gasteiger partial charge on any atom is -0.495 e. The molecule has 1 aliphatic carbocycles. The first-order valence-corrected chi connectivity index (χ1v) is 12.3. The number of benzene rings is 1. The van der Waals surface area contributed by atoms with Crippen molar-refractivity contribution in [2.24, 2.45) is 0 Å². The lowest BCUT2D eigenvalue weighted by Gasteiger charge is -2.43. The molecule has 2 amide bonds. The van der Waals surface area contributed by atoms with Gasteiger partial charge in [-0.05, 0) is 55.5 Å². The van der Waals surface area contributed by atoms with E-state index >= 15 is 0 Å². The van der Waals surface area contributed by atoms with Crippen molar-refractivity contribution in [2.45, 2.75) is 50.7 Å². The summed E-state index contributed by atoms with van der Waals surface area (Å²) >= 11 is 7.87. The number of hydrogen-bond acceptors (Lipinski definition) is 5.